The molecule has 7 heteroatoms. The number of aryl methyl sites for hydroxylation is 2. The first-order chi connectivity index (χ1) is 13.4. The van der Waals surface area contributed by atoms with E-state index in [0.29, 0.717) is 24.5 Å². The molecule has 2 aromatic carbocycles. The van der Waals surface area contributed by atoms with Gasteiger partial charge in [0.1, 0.15) is 11.6 Å². The maximum absolute atomic E-state index is 14.4. The molecule has 2 aromatic rings. The monoisotopic (exact) mass is 385 g/mol. The van der Waals surface area contributed by atoms with Crippen molar-refractivity contribution < 1.29 is 18.7 Å². The Kier molecular flexibility index (Phi) is 6.13. The Morgan fingerprint density at radius 1 is 1.25 bits per heavy atom. The lowest BCUT2D eigenvalue weighted by molar-refractivity contribution is -0.120. The lowest BCUT2D eigenvalue weighted by Gasteiger charge is -2.31. The standard InChI is InChI=1S/C21H24FN3O3/c1-14-9-16-3-2-8-25(21(16)18(22)10-14)12-20(27)24-11-15-4-6-17(7-5-15)28-13-19(23)26/h4-7,9-10H,2-3,8,11-13H2,1H3,(H2,23,26)(H,24,27). The second-order valence-corrected chi connectivity index (χ2v) is 6.96. The molecular formula is C21H24FN3O3. The van der Waals surface area contributed by atoms with E-state index < -0.39 is 5.91 Å². The number of benzene rings is 2. The maximum Gasteiger partial charge on any atom is 0.255 e. The first-order valence-electron chi connectivity index (χ1n) is 9.23. The van der Waals surface area contributed by atoms with E-state index >= 15 is 0 Å². The van der Waals surface area contributed by atoms with E-state index in [1.165, 1.54) is 6.07 Å². The highest BCUT2D eigenvalue weighted by atomic mass is 19.1. The molecule has 3 N–H and O–H groups in total. The minimum atomic E-state index is -0.540. The van der Waals surface area contributed by atoms with E-state index in [1.54, 1.807) is 24.3 Å². The molecule has 0 saturated heterocycles. The van der Waals surface area contributed by atoms with Gasteiger partial charge in [-0.15, -0.1) is 0 Å². The third-order valence-electron chi connectivity index (χ3n) is 4.61. The number of rotatable bonds is 7. The summed E-state index contributed by atoms with van der Waals surface area (Å²) in [7, 11) is 0. The first-order valence-corrected chi connectivity index (χ1v) is 9.23. The van der Waals surface area contributed by atoms with Crippen LogP contribution < -0.4 is 20.7 Å². The zero-order chi connectivity index (χ0) is 20.1. The van der Waals surface area contributed by atoms with E-state index in [0.717, 1.165) is 29.5 Å². The molecule has 2 amide bonds. The summed E-state index contributed by atoms with van der Waals surface area (Å²) in [6.07, 6.45) is 1.73. The Morgan fingerprint density at radius 2 is 2.00 bits per heavy atom. The fraction of sp³-hybridized carbons (Fsp3) is 0.333. The number of hydrogen-bond acceptors (Lipinski definition) is 4. The first kappa shape index (κ1) is 19.7. The molecule has 1 heterocycles. The Labute approximate surface area is 163 Å². The summed E-state index contributed by atoms with van der Waals surface area (Å²) in [5.41, 5.74) is 8.32. The second kappa shape index (κ2) is 8.73. The van der Waals surface area contributed by atoms with Gasteiger partial charge in [-0.25, -0.2) is 4.39 Å². The van der Waals surface area contributed by atoms with Gasteiger partial charge in [0.15, 0.2) is 6.61 Å². The summed E-state index contributed by atoms with van der Waals surface area (Å²) in [6, 6.07) is 10.5. The summed E-state index contributed by atoms with van der Waals surface area (Å²) in [5, 5.41) is 2.86. The molecule has 0 atom stereocenters. The quantitative estimate of drug-likeness (QED) is 0.764. The van der Waals surface area contributed by atoms with Gasteiger partial charge in [-0.3, -0.25) is 9.59 Å². The Bertz CT molecular complexity index is 868. The van der Waals surface area contributed by atoms with Crippen LogP contribution in [0.15, 0.2) is 36.4 Å². The van der Waals surface area contributed by atoms with Gasteiger partial charge in [-0.1, -0.05) is 18.2 Å². The molecule has 0 spiro atoms. The zero-order valence-electron chi connectivity index (χ0n) is 15.8. The summed E-state index contributed by atoms with van der Waals surface area (Å²) in [6.45, 7) is 2.83. The molecule has 0 bridgehead atoms. The summed E-state index contributed by atoms with van der Waals surface area (Å²) >= 11 is 0. The summed E-state index contributed by atoms with van der Waals surface area (Å²) < 4.78 is 19.6. The molecule has 0 radical (unpaired) electrons. The van der Waals surface area contributed by atoms with Crippen LogP contribution in [0, 0.1) is 12.7 Å². The predicted octanol–water partition coefficient (Wildman–Crippen LogP) is 2.07. The number of nitrogens with zero attached hydrogens (tertiary/aromatic N) is 1. The van der Waals surface area contributed by atoms with Crippen molar-refractivity contribution in [1.29, 1.82) is 0 Å². The number of ether oxygens (including phenoxy) is 1. The predicted molar refractivity (Wildman–Crippen MR) is 105 cm³/mol. The molecule has 1 aliphatic heterocycles. The van der Waals surface area contributed by atoms with Gasteiger partial charge in [0.2, 0.25) is 5.91 Å². The van der Waals surface area contributed by atoms with E-state index in [2.05, 4.69) is 5.32 Å². The van der Waals surface area contributed by atoms with E-state index in [-0.39, 0.29) is 24.9 Å². The van der Waals surface area contributed by atoms with Crippen molar-refractivity contribution in [3.63, 3.8) is 0 Å². The number of halogens is 1. The van der Waals surface area contributed by atoms with Crippen LogP contribution in [-0.4, -0.2) is 31.5 Å². The van der Waals surface area contributed by atoms with E-state index in [4.69, 9.17) is 10.5 Å². The van der Waals surface area contributed by atoms with Crippen molar-refractivity contribution in [2.75, 3.05) is 24.6 Å². The van der Waals surface area contributed by atoms with Crippen LogP contribution in [-0.2, 0) is 22.6 Å². The molecular weight excluding hydrogens is 361 g/mol. The fourth-order valence-electron chi connectivity index (χ4n) is 3.37. The van der Waals surface area contributed by atoms with Gasteiger partial charge in [0.05, 0.1) is 12.2 Å². The van der Waals surface area contributed by atoms with Gasteiger partial charge in [-0.2, -0.15) is 0 Å². The second-order valence-electron chi connectivity index (χ2n) is 6.96. The van der Waals surface area contributed by atoms with Crippen molar-refractivity contribution in [3.05, 3.63) is 58.9 Å². The van der Waals surface area contributed by atoms with Crippen LogP contribution in [0.4, 0.5) is 10.1 Å². The van der Waals surface area contributed by atoms with Gasteiger partial charge in [0.25, 0.3) is 5.91 Å². The fourth-order valence-corrected chi connectivity index (χ4v) is 3.37. The topological polar surface area (TPSA) is 84.7 Å². The minimum Gasteiger partial charge on any atom is -0.484 e. The van der Waals surface area contributed by atoms with Crippen LogP contribution in [0.1, 0.15) is 23.1 Å². The number of amides is 2. The Morgan fingerprint density at radius 3 is 2.71 bits per heavy atom. The van der Waals surface area contributed by atoms with Gasteiger partial charge < -0.3 is 20.7 Å². The highest BCUT2D eigenvalue weighted by Gasteiger charge is 2.22. The molecule has 0 unspecified atom stereocenters. The average molecular weight is 385 g/mol. The smallest absolute Gasteiger partial charge is 0.255 e. The highest BCUT2D eigenvalue weighted by Crippen LogP contribution is 2.30. The molecule has 0 aromatic heterocycles. The van der Waals surface area contributed by atoms with Crippen LogP contribution >= 0.6 is 0 Å². The third kappa shape index (κ3) is 5.00. The van der Waals surface area contributed by atoms with E-state index in [1.807, 2.05) is 17.9 Å². The van der Waals surface area contributed by atoms with E-state index in [9.17, 15) is 14.0 Å². The third-order valence-corrected chi connectivity index (χ3v) is 4.61. The number of primary amides is 1. The number of nitrogens with one attached hydrogen (secondary N) is 1. The largest absolute Gasteiger partial charge is 0.484 e. The zero-order valence-corrected chi connectivity index (χ0v) is 15.8. The SMILES string of the molecule is Cc1cc(F)c2c(c1)CCCN2CC(=O)NCc1ccc(OCC(N)=O)cc1. The molecule has 28 heavy (non-hydrogen) atoms. The molecule has 1 aliphatic rings. The normalized spacial score (nSPS) is 13.0. The Hall–Kier alpha value is -3.09. The molecule has 0 fully saturated rings. The number of fused-ring (bicyclic) bond motifs is 1. The molecule has 0 saturated carbocycles. The molecule has 148 valence electrons. The average Bonchev–Trinajstić information content (AvgIpc) is 2.65. The molecule has 6 nitrogen and oxygen atoms in total. The number of hydrogen-bond donors (Lipinski definition) is 2. The summed E-state index contributed by atoms with van der Waals surface area (Å²) in [5.74, 6) is -0.442. The van der Waals surface area contributed by atoms with Crippen LogP contribution in [0.2, 0.25) is 0 Å². The van der Waals surface area contributed by atoms with Gasteiger partial charge in [0, 0.05) is 13.1 Å². The van der Waals surface area contributed by atoms with Crippen LogP contribution in [0.25, 0.3) is 0 Å². The summed E-state index contributed by atoms with van der Waals surface area (Å²) in [4.78, 5) is 24.9. The number of nitrogens with two attached hydrogens (primary N) is 1. The van der Waals surface area contributed by atoms with Crippen molar-refractivity contribution >= 4 is 17.5 Å². The number of carbonyl (C=O) groups excluding carboxylic acids is 2. The lowest BCUT2D eigenvalue weighted by atomic mass is 9.99. The Balaban J connectivity index is 1.55. The van der Waals surface area contributed by atoms with Crippen LogP contribution in [0.3, 0.4) is 0 Å². The minimum absolute atomic E-state index is 0.118. The van der Waals surface area contributed by atoms with Gasteiger partial charge >= 0.3 is 0 Å². The van der Waals surface area contributed by atoms with Gasteiger partial charge in [-0.05, 0) is 54.7 Å². The van der Waals surface area contributed by atoms with Crippen LogP contribution in [0.5, 0.6) is 5.75 Å². The maximum atomic E-state index is 14.4. The van der Waals surface area contributed by atoms with Crippen molar-refractivity contribution in [3.8, 4) is 5.75 Å². The van der Waals surface area contributed by atoms with Crippen molar-refractivity contribution in [2.45, 2.75) is 26.3 Å². The van der Waals surface area contributed by atoms with Crippen molar-refractivity contribution in [2.24, 2.45) is 5.73 Å². The highest BCUT2D eigenvalue weighted by molar-refractivity contribution is 5.82. The van der Waals surface area contributed by atoms with Crippen molar-refractivity contribution in [1.82, 2.24) is 5.32 Å². The number of anilines is 1. The lowest BCUT2D eigenvalue weighted by Crippen LogP contribution is -2.40. The molecule has 0 aliphatic carbocycles. The number of carbonyl (C=O) groups is 2. The molecule has 3 rings (SSSR count).